The monoisotopic (exact) mass is 345 g/mol. The number of nitrogens with zero attached hydrogens (tertiary/aromatic N) is 4. The number of nitrogens with one attached hydrogen (secondary N) is 1. The number of fused-ring (bicyclic) bond motifs is 1. The molecule has 2 aromatic heterocycles. The van der Waals surface area contributed by atoms with Crippen LogP contribution < -0.4 is 5.32 Å². The summed E-state index contributed by atoms with van der Waals surface area (Å²) in [5.41, 5.74) is 1.38. The van der Waals surface area contributed by atoms with E-state index in [0.717, 1.165) is 57.1 Å². The summed E-state index contributed by atoms with van der Waals surface area (Å²) in [4.78, 5) is 14.5. The Kier molecular flexibility index (Phi) is 4.37. The molecule has 2 aromatic rings. The Hall–Kier alpha value is -1.73. The molecule has 0 radical (unpaired) electrons. The van der Waals surface area contributed by atoms with Crippen molar-refractivity contribution in [1.29, 1.82) is 0 Å². The lowest BCUT2D eigenvalue weighted by atomic mass is 10.2. The fraction of sp³-hybridized carbons (Fsp3) is 0.588. The van der Waals surface area contributed by atoms with Crippen molar-refractivity contribution in [1.82, 2.24) is 25.0 Å². The van der Waals surface area contributed by atoms with Crippen molar-refractivity contribution in [2.45, 2.75) is 45.3 Å². The third-order valence-corrected chi connectivity index (χ3v) is 5.56. The second-order valence-electron chi connectivity index (χ2n) is 6.79. The number of thiophene rings is 1. The summed E-state index contributed by atoms with van der Waals surface area (Å²) in [5.74, 6) is 2.30. The van der Waals surface area contributed by atoms with E-state index in [4.69, 9.17) is 0 Å². The van der Waals surface area contributed by atoms with Crippen molar-refractivity contribution >= 4 is 17.2 Å². The molecule has 1 aliphatic carbocycles. The Labute approximate surface area is 145 Å². The molecule has 2 aliphatic rings. The highest BCUT2D eigenvalue weighted by Crippen LogP contribution is 2.29. The van der Waals surface area contributed by atoms with Crippen LogP contribution in [0.4, 0.5) is 0 Å². The summed E-state index contributed by atoms with van der Waals surface area (Å²) in [6.07, 6.45) is 2.95. The standard InChI is InChI=1S/C17H23N5OS/c1-12(18-17(23)14-2-3-14)16-20-19-15-4-6-21(7-8-22(15)16)10-13-5-9-24-11-13/h5,9,11-12,14H,2-4,6-8,10H2,1H3,(H,18,23)/t12-/m0/s1. The van der Waals surface area contributed by atoms with Crippen molar-refractivity contribution in [3.63, 3.8) is 0 Å². The van der Waals surface area contributed by atoms with Gasteiger partial charge in [0, 0.05) is 38.5 Å². The Morgan fingerprint density at radius 2 is 2.25 bits per heavy atom. The van der Waals surface area contributed by atoms with Crippen molar-refractivity contribution in [3.8, 4) is 0 Å². The van der Waals surface area contributed by atoms with Gasteiger partial charge in [0.15, 0.2) is 5.82 Å². The van der Waals surface area contributed by atoms with E-state index < -0.39 is 0 Å². The first-order valence-electron chi connectivity index (χ1n) is 8.66. The third kappa shape index (κ3) is 3.37. The van der Waals surface area contributed by atoms with Gasteiger partial charge in [-0.15, -0.1) is 10.2 Å². The number of hydrogen-bond acceptors (Lipinski definition) is 5. The highest BCUT2D eigenvalue weighted by atomic mass is 32.1. The second-order valence-corrected chi connectivity index (χ2v) is 7.57. The SMILES string of the molecule is C[C@H](NC(=O)C1CC1)c1nnc2n1CCN(Cc1ccsc1)CC2. The number of carbonyl (C=O) groups is 1. The quantitative estimate of drug-likeness (QED) is 0.900. The number of carbonyl (C=O) groups excluding carboxylic acids is 1. The number of amides is 1. The van der Waals surface area contributed by atoms with Crippen LogP contribution in [0.25, 0.3) is 0 Å². The molecule has 128 valence electrons. The van der Waals surface area contributed by atoms with Crippen LogP contribution in [0.5, 0.6) is 0 Å². The molecule has 1 saturated carbocycles. The van der Waals surface area contributed by atoms with Gasteiger partial charge in [-0.1, -0.05) is 0 Å². The summed E-state index contributed by atoms with van der Waals surface area (Å²) in [5, 5.41) is 16.2. The highest BCUT2D eigenvalue weighted by Gasteiger charge is 2.31. The molecule has 24 heavy (non-hydrogen) atoms. The molecule has 3 heterocycles. The first-order valence-corrected chi connectivity index (χ1v) is 9.61. The summed E-state index contributed by atoms with van der Waals surface area (Å²) >= 11 is 1.75. The van der Waals surface area contributed by atoms with Crippen LogP contribution in [-0.4, -0.2) is 38.7 Å². The Morgan fingerprint density at radius 1 is 1.38 bits per heavy atom. The molecule has 0 aromatic carbocycles. The van der Waals surface area contributed by atoms with Gasteiger partial charge >= 0.3 is 0 Å². The zero-order valence-corrected chi connectivity index (χ0v) is 14.8. The molecule has 7 heteroatoms. The number of rotatable bonds is 5. The minimum absolute atomic E-state index is 0.0808. The second kappa shape index (κ2) is 6.64. The zero-order valence-electron chi connectivity index (χ0n) is 13.9. The average Bonchev–Trinajstić information content (AvgIpc) is 3.22. The first-order chi connectivity index (χ1) is 11.7. The van der Waals surface area contributed by atoms with Crippen LogP contribution >= 0.6 is 11.3 Å². The summed E-state index contributed by atoms with van der Waals surface area (Å²) in [6.45, 7) is 5.86. The van der Waals surface area contributed by atoms with E-state index in [0.29, 0.717) is 0 Å². The lowest BCUT2D eigenvalue weighted by Gasteiger charge is -2.19. The van der Waals surface area contributed by atoms with Gasteiger partial charge in [0.25, 0.3) is 0 Å². The molecule has 1 fully saturated rings. The molecule has 0 saturated heterocycles. The molecule has 1 aliphatic heterocycles. The molecule has 0 unspecified atom stereocenters. The van der Waals surface area contributed by atoms with E-state index in [1.807, 2.05) is 6.92 Å². The molecule has 0 bridgehead atoms. The number of aromatic nitrogens is 3. The summed E-state index contributed by atoms with van der Waals surface area (Å²) < 4.78 is 2.20. The maximum Gasteiger partial charge on any atom is 0.223 e. The van der Waals surface area contributed by atoms with Gasteiger partial charge in [-0.05, 0) is 42.2 Å². The van der Waals surface area contributed by atoms with Crippen LogP contribution in [0.1, 0.15) is 43.0 Å². The smallest absolute Gasteiger partial charge is 0.223 e. The highest BCUT2D eigenvalue weighted by molar-refractivity contribution is 7.07. The predicted molar refractivity (Wildman–Crippen MR) is 92.6 cm³/mol. The molecule has 4 rings (SSSR count). The summed E-state index contributed by atoms with van der Waals surface area (Å²) in [6, 6.07) is 2.11. The average molecular weight is 345 g/mol. The van der Waals surface area contributed by atoms with Crippen LogP contribution in [0.15, 0.2) is 16.8 Å². The van der Waals surface area contributed by atoms with Crippen molar-refractivity contribution in [2.24, 2.45) is 5.92 Å². The minimum atomic E-state index is -0.0808. The maximum absolute atomic E-state index is 12.0. The first kappa shape index (κ1) is 15.8. The minimum Gasteiger partial charge on any atom is -0.346 e. The molecular formula is C17H23N5OS. The van der Waals surface area contributed by atoms with E-state index in [1.165, 1.54) is 5.56 Å². The van der Waals surface area contributed by atoms with Gasteiger partial charge in [0.1, 0.15) is 5.82 Å². The van der Waals surface area contributed by atoms with E-state index in [9.17, 15) is 4.79 Å². The van der Waals surface area contributed by atoms with Crippen LogP contribution in [0.2, 0.25) is 0 Å². The van der Waals surface area contributed by atoms with E-state index in [-0.39, 0.29) is 17.9 Å². The lowest BCUT2D eigenvalue weighted by molar-refractivity contribution is -0.123. The topological polar surface area (TPSA) is 63.1 Å². The molecular weight excluding hydrogens is 322 g/mol. The fourth-order valence-corrected chi connectivity index (χ4v) is 3.91. The third-order valence-electron chi connectivity index (χ3n) is 4.83. The fourth-order valence-electron chi connectivity index (χ4n) is 3.25. The van der Waals surface area contributed by atoms with Gasteiger partial charge in [-0.25, -0.2) is 0 Å². The van der Waals surface area contributed by atoms with E-state index in [1.54, 1.807) is 11.3 Å². The van der Waals surface area contributed by atoms with Gasteiger partial charge in [-0.3, -0.25) is 9.69 Å². The van der Waals surface area contributed by atoms with Crippen molar-refractivity contribution in [2.75, 3.05) is 13.1 Å². The zero-order chi connectivity index (χ0) is 16.5. The largest absolute Gasteiger partial charge is 0.346 e. The van der Waals surface area contributed by atoms with Gasteiger partial charge in [0.05, 0.1) is 6.04 Å². The van der Waals surface area contributed by atoms with Crippen molar-refractivity contribution in [3.05, 3.63) is 34.0 Å². The molecule has 6 nitrogen and oxygen atoms in total. The van der Waals surface area contributed by atoms with Gasteiger partial charge < -0.3 is 9.88 Å². The van der Waals surface area contributed by atoms with Crippen LogP contribution in [0.3, 0.4) is 0 Å². The van der Waals surface area contributed by atoms with Gasteiger partial charge in [0.2, 0.25) is 5.91 Å². The Bertz CT molecular complexity index is 707. The van der Waals surface area contributed by atoms with Crippen LogP contribution in [0, 0.1) is 5.92 Å². The number of hydrogen-bond donors (Lipinski definition) is 1. The van der Waals surface area contributed by atoms with Crippen LogP contribution in [-0.2, 0) is 24.3 Å². The summed E-state index contributed by atoms with van der Waals surface area (Å²) in [7, 11) is 0. The predicted octanol–water partition coefficient (Wildman–Crippen LogP) is 1.99. The van der Waals surface area contributed by atoms with E-state index in [2.05, 4.69) is 41.8 Å². The maximum atomic E-state index is 12.0. The van der Waals surface area contributed by atoms with Gasteiger partial charge in [-0.2, -0.15) is 11.3 Å². The van der Waals surface area contributed by atoms with E-state index >= 15 is 0 Å². The Balaban J connectivity index is 1.42. The Morgan fingerprint density at radius 3 is 3.00 bits per heavy atom. The molecule has 1 amide bonds. The lowest BCUT2D eigenvalue weighted by Crippen LogP contribution is -2.31. The molecule has 0 spiro atoms. The molecule has 1 atom stereocenters. The molecule has 1 N–H and O–H groups in total. The van der Waals surface area contributed by atoms with Crippen molar-refractivity contribution < 1.29 is 4.79 Å². The normalized spacial score (nSPS) is 19.5.